The molecule has 2 heteroatoms. The molecule has 0 aliphatic heterocycles. The molecule has 1 unspecified atom stereocenters. The summed E-state index contributed by atoms with van der Waals surface area (Å²) in [6, 6.07) is 0. The van der Waals surface area contributed by atoms with Crippen molar-refractivity contribution < 1.29 is 4.74 Å². The Morgan fingerprint density at radius 2 is 2.50 bits per heavy atom. The van der Waals surface area contributed by atoms with Crippen molar-refractivity contribution in [2.75, 3.05) is 6.61 Å². The van der Waals surface area contributed by atoms with Crippen LogP contribution in [0.25, 0.3) is 0 Å². The molecule has 1 nitrogen and oxygen atoms in total. The molecule has 0 saturated carbocycles. The van der Waals surface area contributed by atoms with E-state index in [0.29, 0.717) is 6.61 Å². The van der Waals surface area contributed by atoms with E-state index in [9.17, 15) is 0 Å². The van der Waals surface area contributed by atoms with Crippen LogP contribution < -0.4 is 0 Å². The highest BCUT2D eigenvalue weighted by atomic mass is 35.5. The van der Waals surface area contributed by atoms with E-state index >= 15 is 0 Å². The SMILES string of the molecule is [CH2]C(Cl)CO/C=C\C. The Morgan fingerprint density at radius 3 is 2.88 bits per heavy atom. The lowest BCUT2D eigenvalue weighted by Crippen LogP contribution is -1.99. The maximum Gasteiger partial charge on any atom is 0.104 e. The summed E-state index contributed by atoms with van der Waals surface area (Å²) in [6.07, 6.45) is 3.40. The van der Waals surface area contributed by atoms with Crippen molar-refractivity contribution in [3.63, 3.8) is 0 Å². The van der Waals surface area contributed by atoms with Crippen LogP contribution in [-0.4, -0.2) is 12.0 Å². The maximum atomic E-state index is 5.44. The number of halogens is 1. The first-order chi connectivity index (χ1) is 3.77. The van der Waals surface area contributed by atoms with Crippen LogP contribution >= 0.6 is 11.6 Å². The minimum Gasteiger partial charge on any atom is -0.500 e. The molecule has 0 aliphatic rings. The molecule has 0 saturated heterocycles. The zero-order valence-electron chi connectivity index (χ0n) is 4.93. The third-order valence-corrected chi connectivity index (χ3v) is 0.635. The first-order valence-corrected chi connectivity index (χ1v) is 2.91. The summed E-state index contributed by atoms with van der Waals surface area (Å²) in [5.41, 5.74) is 0. The Kier molecular flexibility index (Phi) is 4.87. The van der Waals surface area contributed by atoms with Crippen LogP contribution in [0.4, 0.5) is 0 Å². The molecule has 0 amide bonds. The van der Waals surface area contributed by atoms with Crippen LogP contribution in [0.3, 0.4) is 0 Å². The minimum atomic E-state index is -0.147. The average Bonchev–Trinajstić information content (AvgIpc) is 1.66. The number of allylic oxidation sites excluding steroid dienone is 1. The molecule has 0 bridgehead atoms. The molecule has 1 atom stereocenters. The average molecular weight is 134 g/mol. The van der Waals surface area contributed by atoms with E-state index in [2.05, 4.69) is 6.92 Å². The fourth-order valence-electron chi connectivity index (χ4n) is 0.256. The molecule has 0 N–H and O–H groups in total. The number of rotatable bonds is 3. The van der Waals surface area contributed by atoms with Crippen molar-refractivity contribution in [2.24, 2.45) is 0 Å². The standard InChI is InChI=1S/C6H10ClO/c1-3-4-8-5-6(2)7/h3-4,6H,2,5H2,1H3/b4-3-. The molecule has 0 aromatic heterocycles. The van der Waals surface area contributed by atoms with Crippen molar-refractivity contribution in [1.82, 2.24) is 0 Å². The van der Waals surface area contributed by atoms with Gasteiger partial charge in [0.05, 0.1) is 11.6 Å². The number of hydrogen-bond acceptors (Lipinski definition) is 1. The van der Waals surface area contributed by atoms with Crippen molar-refractivity contribution in [1.29, 1.82) is 0 Å². The topological polar surface area (TPSA) is 9.23 Å². The van der Waals surface area contributed by atoms with Crippen molar-refractivity contribution in [2.45, 2.75) is 12.3 Å². The maximum absolute atomic E-state index is 5.44. The fourth-order valence-corrected chi connectivity index (χ4v) is 0.329. The molecule has 8 heavy (non-hydrogen) atoms. The van der Waals surface area contributed by atoms with E-state index in [4.69, 9.17) is 16.3 Å². The van der Waals surface area contributed by atoms with Crippen molar-refractivity contribution >= 4 is 11.6 Å². The molecule has 0 heterocycles. The van der Waals surface area contributed by atoms with E-state index in [-0.39, 0.29) is 5.38 Å². The zero-order chi connectivity index (χ0) is 6.41. The highest BCUT2D eigenvalue weighted by molar-refractivity contribution is 6.21. The molecule has 1 radical (unpaired) electrons. The lowest BCUT2D eigenvalue weighted by molar-refractivity contribution is 0.257. The third kappa shape index (κ3) is 5.83. The summed E-state index contributed by atoms with van der Waals surface area (Å²) in [7, 11) is 0. The summed E-state index contributed by atoms with van der Waals surface area (Å²) in [6.45, 7) is 5.88. The predicted octanol–water partition coefficient (Wildman–Crippen LogP) is 1.98. The second kappa shape index (κ2) is 4.98. The summed E-state index contributed by atoms with van der Waals surface area (Å²) < 4.78 is 4.87. The predicted molar refractivity (Wildman–Crippen MR) is 35.8 cm³/mol. The quantitative estimate of drug-likeness (QED) is 0.423. The summed E-state index contributed by atoms with van der Waals surface area (Å²) in [4.78, 5) is 0. The number of hydrogen-bond donors (Lipinski definition) is 0. The van der Waals surface area contributed by atoms with Crippen LogP contribution in [-0.2, 0) is 4.74 Å². The smallest absolute Gasteiger partial charge is 0.104 e. The van der Waals surface area contributed by atoms with Gasteiger partial charge in [-0.05, 0) is 13.8 Å². The van der Waals surface area contributed by atoms with Gasteiger partial charge in [-0.15, -0.1) is 11.6 Å². The lowest BCUT2D eigenvalue weighted by Gasteiger charge is -1.99. The van der Waals surface area contributed by atoms with Crippen LogP contribution in [0.15, 0.2) is 12.3 Å². The fraction of sp³-hybridized carbons (Fsp3) is 0.500. The van der Waals surface area contributed by atoms with E-state index in [1.165, 1.54) is 0 Å². The van der Waals surface area contributed by atoms with Gasteiger partial charge in [0.15, 0.2) is 0 Å². The Hall–Kier alpha value is -0.170. The molecule has 0 aliphatic carbocycles. The van der Waals surface area contributed by atoms with Crippen LogP contribution in [0.5, 0.6) is 0 Å². The lowest BCUT2D eigenvalue weighted by atomic mass is 10.5. The second-order valence-corrected chi connectivity index (χ2v) is 2.02. The van der Waals surface area contributed by atoms with Gasteiger partial charge >= 0.3 is 0 Å². The first kappa shape index (κ1) is 7.83. The highest BCUT2D eigenvalue weighted by Gasteiger charge is 1.90. The zero-order valence-corrected chi connectivity index (χ0v) is 5.69. The molecule has 0 fully saturated rings. The molecular weight excluding hydrogens is 124 g/mol. The van der Waals surface area contributed by atoms with E-state index in [1.807, 2.05) is 6.92 Å². The number of alkyl halides is 1. The van der Waals surface area contributed by atoms with Gasteiger partial charge in [-0.3, -0.25) is 0 Å². The first-order valence-electron chi connectivity index (χ1n) is 2.47. The van der Waals surface area contributed by atoms with Gasteiger partial charge in [-0.1, -0.05) is 6.08 Å². The Labute approximate surface area is 55.3 Å². The monoisotopic (exact) mass is 133 g/mol. The number of ether oxygens (including phenoxy) is 1. The Bertz CT molecular complexity index is 68.9. The van der Waals surface area contributed by atoms with E-state index in [0.717, 1.165) is 0 Å². The molecule has 0 aromatic carbocycles. The molecule has 0 spiro atoms. The van der Waals surface area contributed by atoms with Gasteiger partial charge < -0.3 is 4.74 Å². The summed E-state index contributed by atoms with van der Waals surface area (Å²) in [5, 5.41) is -0.147. The van der Waals surface area contributed by atoms with Crippen LogP contribution in [0, 0.1) is 6.92 Å². The largest absolute Gasteiger partial charge is 0.500 e. The van der Waals surface area contributed by atoms with Gasteiger partial charge in [0.25, 0.3) is 0 Å². The molecule has 0 aromatic rings. The summed E-state index contributed by atoms with van der Waals surface area (Å²) >= 11 is 5.44. The van der Waals surface area contributed by atoms with Crippen LogP contribution in [0.1, 0.15) is 6.92 Å². The van der Waals surface area contributed by atoms with Crippen molar-refractivity contribution in [3.05, 3.63) is 19.3 Å². The minimum absolute atomic E-state index is 0.147. The van der Waals surface area contributed by atoms with Gasteiger partial charge in [-0.25, -0.2) is 0 Å². The van der Waals surface area contributed by atoms with Gasteiger partial charge in [0, 0.05) is 0 Å². The summed E-state index contributed by atoms with van der Waals surface area (Å²) in [5.74, 6) is 0. The second-order valence-electron chi connectivity index (χ2n) is 1.40. The molecule has 0 rings (SSSR count). The Balaban J connectivity index is 2.93. The van der Waals surface area contributed by atoms with E-state index in [1.54, 1.807) is 12.3 Å². The van der Waals surface area contributed by atoms with Crippen molar-refractivity contribution in [3.8, 4) is 0 Å². The van der Waals surface area contributed by atoms with Gasteiger partial charge in [-0.2, -0.15) is 0 Å². The Morgan fingerprint density at radius 1 is 1.88 bits per heavy atom. The van der Waals surface area contributed by atoms with Gasteiger partial charge in [0.2, 0.25) is 0 Å². The normalized spacial score (nSPS) is 14.4. The molecule has 47 valence electrons. The van der Waals surface area contributed by atoms with E-state index < -0.39 is 0 Å². The molecular formula is C6H10ClO. The highest BCUT2D eigenvalue weighted by Crippen LogP contribution is 1.92. The van der Waals surface area contributed by atoms with Gasteiger partial charge in [0.1, 0.15) is 6.61 Å². The third-order valence-electron chi connectivity index (χ3n) is 0.509. The van der Waals surface area contributed by atoms with Crippen LogP contribution in [0.2, 0.25) is 0 Å².